The molecule has 1 unspecified atom stereocenters. The summed E-state index contributed by atoms with van der Waals surface area (Å²) in [5.41, 5.74) is 1.15. The summed E-state index contributed by atoms with van der Waals surface area (Å²) in [6, 6.07) is 11.6. The van der Waals surface area contributed by atoms with Crippen LogP contribution < -0.4 is 0 Å². The molecule has 0 saturated heterocycles. The zero-order valence-corrected chi connectivity index (χ0v) is 11.7. The predicted octanol–water partition coefficient (Wildman–Crippen LogP) is 4.52. The van der Waals surface area contributed by atoms with E-state index < -0.39 is 6.10 Å². The van der Waals surface area contributed by atoms with E-state index in [0.717, 1.165) is 4.47 Å². The van der Waals surface area contributed by atoms with Gasteiger partial charge < -0.3 is 5.11 Å². The molecule has 0 fully saturated rings. The molecule has 0 radical (unpaired) electrons. The summed E-state index contributed by atoms with van der Waals surface area (Å²) in [5, 5.41) is 10.6. The van der Waals surface area contributed by atoms with Crippen LogP contribution in [0.25, 0.3) is 0 Å². The molecule has 2 rings (SSSR count). The monoisotopic (exact) mass is 328 g/mol. The minimum atomic E-state index is -0.771. The SMILES string of the molecule is OC(Cc1cc(Br)ccc1F)c1cccc(Cl)c1. The van der Waals surface area contributed by atoms with Crippen molar-refractivity contribution in [1.82, 2.24) is 0 Å². The fourth-order valence-electron chi connectivity index (χ4n) is 1.74. The Morgan fingerprint density at radius 2 is 2.00 bits per heavy atom. The second-order valence-corrected chi connectivity index (χ2v) is 5.36. The van der Waals surface area contributed by atoms with Crippen LogP contribution in [0.2, 0.25) is 5.02 Å². The van der Waals surface area contributed by atoms with Crippen molar-refractivity contribution < 1.29 is 9.50 Å². The number of hydrogen-bond donors (Lipinski definition) is 1. The minimum Gasteiger partial charge on any atom is -0.388 e. The average molecular weight is 330 g/mol. The molecule has 0 saturated carbocycles. The lowest BCUT2D eigenvalue weighted by Gasteiger charge is -2.12. The number of rotatable bonds is 3. The second kappa shape index (κ2) is 5.83. The highest BCUT2D eigenvalue weighted by Gasteiger charge is 2.12. The molecule has 4 heteroatoms. The Kier molecular flexibility index (Phi) is 4.38. The van der Waals surface area contributed by atoms with Gasteiger partial charge in [0.2, 0.25) is 0 Å². The molecule has 0 aliphatic rings. The first-order chi connectivity index (χ1) is 8.56. The highest BCUT2D eigenvalue weighted by Crippen LogP contribution is 2.24. The Hall–Kier alpha value is -0.900. The van der Waals surface area contributed by atoms with Crippen LogP contribution >= 0.6 is 27.5 Å². The predicted molar refractivity (Wildman–Crippen MR) is 74.2 cm³/mol. The molecule has 0 aliphatic carbocycles. The van der Waals surface area contributed by atoms with E-state index in [0.29, 0.717) is 16.1 Å². The largest absolute Gasteiger partial charge is 0.388 e. The van der Waals surface area contributed by atoms with Crippen molar-refractivity contribution in [3.63, 3.8) is 0 Å². The third-order valence-electron chi connectivity index (χ3n) is 2.65. The van der Waals surface area contributed by atoms with Gasteiger partial charge in [0, 0.05) is 15.9 Å². The van der Waals surface area contributed by atoms with Gasteiger partial charge >= 0.3 is 0 Å². The normalized spacial score (nSPS) is 12.4. The van der Waals surface area contributed by atoms with E-state index in [9.17, 15) is 9.50 Å². The molecule has 94 valence electrons. The van der Waals surface area contributed by atoms with Crippen molar-refractivity contribution in [3.8, 4) is 0 Å². The lowest BCUT2D eigenvalue weighted by Crippen LogP contribution is -2.03. The Bertz CT molecular complexity index is 559. The molecule has 2 aromatic rings. The van der Waals surface area contributed by atoms with E-state index in [1.165, 1.54) is 6.07 Å². The summed E-state index contributed by atoms with van der Waals surface area (Å²) in [6.07, 6.45) is -0.557. The van der Waals surface area contributed by atoms with Crippen LogP contribution in [-0.2, 0) is 6.42 Å². The number of benzene rings is 2. The van der Waals surface area contributed by atoms with E-state index in [1.807, 2.05) is 0 Å². The fraction of sp³-hybridized carbons (Fsp3) is 0.143. The summed E-state index contributed by atoms with van der Waals surface area (Å²) < 4.78 is 14.4. The van der Waals surface area contributed by atoms with Crippen LogP contribution in [0.5, 0.6) is 0 Å². The Labute approximate surface area is 118 Å². The van der Waals surface area contributed by atoms with E-state index in [4.69, 9.17) is 11.6 Å². The maximum atomic E-state index is 13.6. The molecular weight excluding hydrogens is 319 g/mol. The molecular formula is C14H11BrClFO. The van der Waals surface area contributed by atoms with E-state index in [2.05, 4.69) is 15.9 Å². The molecule has 0 spiro atoms. The minimum absolute atomic E-state index is 0.214. The van der Waals surface area contributed by atoms with Gasteiger partial charge in [0.25, 0.3) is 0 Å². The van der Waals surface area contributed by atoms with Crippen molar-refractivity contribution >= 4 is 27.5 Å². The topological polar surface area (TPSA) is 20.2 Å². The molecule has 0 aliphatic heterocycles. The standard InChI is InChI=1S/C14H11BrClFO/c15-11-4-5-13(17)10(6-11)8-14(18)9-2-1-3-12(16)7-9/h1-7,14,18H,8H2. The van der Waals surface area contributed by atoms with E-state index >= 15 is 0 Å². The number of halogens is 3. The smallest absolute Gasteiger partial charge is 0.126 e. The third-order valence-corrected chi connectivity index (χ3v) is 3.38. The van der Waals surface area contributed by atoms with E-state index in [1.54, 1.807) is 36.4 Å². The molecule has 0 aromatic heterocycles. The zero-order valence-electron chi connectivity index (χ0n) is 9.41. The van der Waals surface area contributed by atoms with Crippen molar-refractivity contribution in [3.05, 3.63) is 68.9 Å². The van der Waals surface area contributed by atoms with Gasteiger partial charge in [-0.15, -0.1) is 0 Å². The van der Waals surface area contributed by atoms with Gasteiger partial charge in [-0.05, 0) is 41.5 Å². The highest BCUT2D eigenvalue weighted by molar-refractivity contribution is 9.10. The molecule has 18 heavy (non-hydrogen) atoms. The first kappa shape index (κ1) is 13.5. The van der Waals surface area contributed by atoms with Crippen molar-refractivity contribution in [2.75, 3.05) is 0 Å². The van der Waals surface area contributed by atoms with Gasteiger partial charge in [-0.1, -0.05) is 39.7 Å². The van der Waals surface area contributed by atoms with Crippen LogP contribution in [0, 0.1) is 5.82 Å². The fourth-order valence-corrected chi connectivity index (χ4v) is 2.35. The van der Waals surface area contributed by atoms with Gasteiger partial charge in [-0.25, -0.2) is 4.39 Å². The molecule has 1 N–H and O–H groups in total. The summed E-state index contributed by atoms with van der Waals surface area (Å²) in [4.78, 5) is 0. The molecule has 2 aromatic carbocycles. The first-order valence-electron chi connectivity index (χ1n) is 5.44. The van der Waals surface area contributed by atoms with Crippen LogP contribution in [0.3, 0.4) is 0 Å². The lowest BCUT2D eigenvalue weighted by atomic mass is 10.0. The molecule has 0 amide bonds. The first-order valence-corrected chi connectivity index (χ1v) is 6.61. The van der Waals surface area contributed by atoms with Gasteiger partial charge in [-0.2, -0.15) is 0 Å². The van der Waals surface area contributed by atoms with E-state index in [-0.39, 0.29) is 12.2 Å². The Balaban J connectivity index is 2.21. The van der Waals surface area contributed by atoms with Gasteiger partial charge in [0.15, 0.2) is 0 Å². The Morgan fingerprint density at radius 3 is 2.72 bits per heavy atom. The van der Waals surface area contributed by atoms with Crippen LogP contribution in [0.15, 0.2) is 46.9 Å². The number of aliphatic hydroxyl groups is 1. The third kappa shape index (κ3) is 3.31. The quantitative estimate of drug-likeness (QED) is 0.878. The van der Waals surface area contributed by atoms with Gasteiger partial charge in [0.05, 0.1) is 6.10 Å². The second-order valence-electron chi connectivity index (χ2n) is 4.01. The molecule has 0 heterocycles. The highest BCUT2D eigenvalue weighted by atomic mass is 79.9. The van der Waals surface area contributed by atoms with Crippen molar-refractivity contribution in [2.24, 2.45) is 0 Å². The van der Waals surface area contributed by atoms with Crippen LogP contribution in [-0.4, -0.2) is 5.11 Å². The maximum Gasteiger partial charge on any atom is 0.126 e. The van der Waals surface area contributed by atoms with Gasteiger partial charge in [0.1, 0.15) is 5.82 Å². The molecule has 1 nitrogen and oxygen atoms in total. The Morgan fingerprint density at radius 1 is 1.22 bits per heavy atom. The summed E-state index contributed by atoms with van der Waals surface area (Å²) in [7, 11) is 0. The molecule has 0 bridgehead atoms. The summed E-state index contributed by atoms with van der Waals surface area (Å²) in [6.45, 7) is 0. The zero-order chi connectivity index (χ0) is 13.1. The number of aliphatic hydroxyl groups excluding tert-OH is 1. The van der Waals surface area contributed by atoms with Crippen LogP contribution in [0.1, 0.15) is 17.2 Å². The van der Waals surface area contributed by atoms with Crippen LogP contribution in [0.4, 0.5) is 4.39 Å². The van der Waals surface area contributed by atoms with Gasteiger partial charge in [-0.3, -0.25) is 0 Å². The van der Waals surface area contributed by atoms with Crippen molar-refractivity contribution in [2.45, 2.75) is 12.5 Å². The maximum absolute atomic E-state index is 13.6. The summed E-state index contributed by atoms with van der Waals surface area (Å²) >= 11 is 9.14. The lowest BCUT2D eigenvalue weighted by molar-refractivity contribution is 0.177. The average Bonchev–Trinajstić information content (AvgIpc) is 2.34. The molecule has 1 atom stereocenters. The van der Waals surface area contributed by atoms with Crippen molar-refractivity contribution in [1.29, 1.82) is 0 Å². The summed E-state index contributed by atoms with van der Waals surface area (Å²) in [5.74, 6) is -0.320. The number of hydrogen-bond acceptors (Lipinski definition) is 1.